The predicted octanol–water partition coefficient (Wildman–Crippen LogP) is 1.43. The molecule has 0 aliphatic carbocycles. The Hall–Kier alpha value is -0.120. The highest BCUT2D eigenvalue weighted by atomic mass is 16.5. The molecule has 1 N–H and O–H groups in total. The van der Waals surface area contributed by atoms with Gasteiger partial charge in [0.25, 0.3) is 0 Å². The van der Waals surface area contributed by atoms with E-state index >= 15 is 0 Å². The van der Waals surface area contributed by atoms with Gasteiger partial charge in [-0.05, 0) is 27.3 Å². The van der Waals surface area contributed by atoms with Crippen molar-refractivity contribution in [1.29, 1.82) is 0 Å². The van der Waals surface area contributed by atoms with E-state index in [1.807, 2.05) is 7.05 Å². The van der Waals surface area contributed by atoms with Crippen molar-refractivity contribution in [3.8, 4) is 0 Å². The second kappa shape index (κ2) is 6.35. The van der Waals surface area contributed by atoms with Crippen molar-refractivity contribution >= 4 is 0 Å². The van der Waals surface area contributed by atoms with Gasteiger partial charge in [0.05, 0.1) is 24.9 Å². The molecule has 0 amide bonds. The Morgan fingerprint density at radius 1 is 1.31 bits per heavy atom. The number of likely N-dealkylation sites (N-methyl/N-ethyl adjacent to an activating group) is 1. The molecule has 0 aromatic carbocycles. The first-order valence-corrected chi connectivity index (χ1v) is 4.86. The van der Waals surface area contributed by atoms with Crippen LogP contribution in [0.25, 0.3) is 0 Å². The molecule has 3 heteroatoms. The average molecular weight is 189 g/mol. The molecular weight excluding hydrogens is 166 g/mol. The van der Waals surface area contributed by atoms with Crippen LogP contribution in [0.3, 0.4) is 0 Å². The molecule has 3 nitrogen and oxygen atoms in total. The Labute approximate surface area is 81.8 Å². The molecule has 13 heavy (non-hydrogen) atoms. The number of ether oxygens (including phenoxy) is 2. The van der Waals surface area contributed by atoms with Crippen molar-refractivity contribution in [1.82, 2.24) is 5.32 Å². The highest BCUT2D eigenvalue weighted by Crippen LogP contribution is 2.13. The predicted molar refractivity (Wildman–Crippen MR) is 55.0 cm³/mol. The van der Waals surface area contributed by atoms with Crippen LogP contribution >= 0.6 is 0 Å². The van der Waals surface area contributed by atoms with Gasteiger partial charge in [0.1, 0.15) is 0 Å². The largest absolute Gasteiger partial charge is 0.383 e. The third kappa shape index (κ3) is 6.02. The van der Waals surface area contributed by atoms with E-state index in [1.165, 1.54) is 0 Å². The van der Waals surface area contributed by atoms with Crippen molar-refractivity contribution in [3.05, 3.63) is 0 Å². The molecule has 0 spiro atoms. The smallest absolute Gasteiger partial charge is 0.0649 e. The molecule has 80 valence electrons. The van der Waals surface area contributed by atoms with Crippen molar-refractivity contribution in [2.45, 2.75) is 38.8 Å². The van der Waals surface area contributed by atoms with E-state index in [9.17, 15) is 0 Å². The Morgan fingerprint density at radius 3 is 2.31 bits per heavy atom. The van der Waals surface area contributed by atoms with Gasteiger partial charge < -0.3 is 14.8 Å². The second-order valence-corrected chi connectivity index (χ2v) is 3.87. The molecule has 0 aromatic rings. The molecule has 0 bridgehead atoms. The summed E-state index contributed by atoms with van der Waals surface area (Å²) in [5, 5.41) is 3.15. The van der Waals surface area contributed by atoms with E-state index in [1.54, 1.807) is 7.11 Å². The molecule has 0 radical (unpaired) electrons. The maximum atomic E-state index is 5.74. The first-order valence-electron chi connectivity index (χ1n) is 4.86. The zero-order chi connectivity index (χ0) is 10.3. The van der Waals surface area contributed by atoms with Crippen LogP contribution < -0.4 is 5.32 Å². The molecule has 0 aliphatic rings. The number of methoxy groups -OCH3 is 1. The molecule has 1 unspecified atom stereocenters. The third-order valence-corrected chi connectivity index (χ3v) is 2.30. The monoisotopic (exact) mass is 189 g/mol. The van der Waals surface area contributed by atoms with Crippen LogP contribution in [0.15, 0.2) is 0 Å². The standard InChI is InChI=1S/C10H23NO2/c1-6-10(2,3)13-8-9(11-4)7-12-5/h9,11H,6-8H2,1-5H3. The number of nitrogens with one attached hydrogen (secondary N) is 1. The lowest BCUT2D eigenvalue weighted by atomic mass is 10.1. The molecule has 0 heterocycles. The fourth-order valence-corrected chi connectivity index (χ4v) is 0.844. The normalized spacial score (nSPS) is 14.5. The fraction of sp³-hybridized carbons (Fsp3) is 1.00. The molecule has 0 aliphatic heterocycles. The third-order valence-electron chi connectivity index (χ3n) is 2.30. The molecular formula is C10H23NO2. The summed E-state index contributed by atoms with van der Waals surface area (Å²) in [7, 11) is 3.63. The van der Waals surface area contributed by atoms with Gasteiger partial charge in [-0.2, -0.15) is 0 Å². The Bertz CT molecular complexity index is 126. The van der Waals surface area contributed by atoms with Crippen molar-refractivity contribution in [2.24, 2.45) is 0 Å². The van der Waals surface area contributed by atoms with Crippen LogP contribution in [0.2, 0.25) is 0 Å². The SMILES string of the molecule is CCC(C)(C)OCC(COC)NC. The minimum absolute atomic E-state index is 0.0250. The maximum absolute atomic E-state index is 5.74. The average Bonchev–Trinajstić information content (AvgIpc) is 2.12. The van der Waals surface area contributed by atoms with Gasteiger partial charge in [-0.3, -0.25) is 0 Å². The summed E-state index contributed by atoms with van der Waals surface area (Å²) in [4.78, 5) is 0. The zero-order valence-electron chi connectivity index (χ0n) is 9.52. The lowest BCUT2D eigenvalue weighted by molar-refractivity contribution is -0.0378. The van der Waals surface area contributed by atoms with Gasteiger partial charge >= 0.3 is 0 Å². The van der Waals surface area contributed by atoms with Gasteiger partial charge in [0.15, 0.2) is 0 Å². The summed E-state index contributed by atoms with van der Waals surface area (Å²) in [6, 6.07) is 0.288. The van der Waals surface area contributed by atoms with Gasteiger partial charge in [-0.25, -0.2) is 0 Å². The van der Waals surface area contributed by atoms with Crippen molar-refractivity contribution in [2.75, 3.05) is 27.4 Å². The Balaban J connectivity index is 3.70. The van der Waals surface area contributed by atoms with Crippen LogP contribution in [0.5, 0.6) is 0 Å². The van der Waals surface area contributed by atoms with E-state index < -0.39 is 0 Å². The Morgan fingerprint density at radius 2 is 1.92 bits per heavy atom. The van der Waals surface area contributed by atoms with Gasteiger partial charge in [0, 0.05) is 7.11 Å². The number of hydrogen-bond donors (Lipinski definition) is 1. The summed E-state index contributed by atoms with van der Waals surface area (Å²) in [6.07, 6.45) is 1.02. The minimum Gasteiger partial charge on any atom is -0.383 e. The lowest BCUT2D eigenvalue weighted by Crippen LogP contribution is -2.38. The molecule has 0 aromatic heterocycles. The van der Waals surface area contributed by atoms with Gasteiger partial charge in [-0.15, -0.1) is 0 Å². The summed E-state index contributed by atoms with van der Waals surface area (Å²) >= 11 is 0. The minimum atomic E-state index is -0.0250. The number of rotatable bonds is 7. The van der Waals surface area contributed by atoms with Crippen molar-refractivity contribution < 1.29 is 9.47 Å². The van der Waals surface area contributed by atoms with Crippen molar-refractivity contribution in [3.63, 3.8) is 0 Å². The Kier molecular flexibility index (Phi) is 6.29. The summed E-state index contributed by atoms with van der Waals surface area (Å²) in [5.41, 5.74) is -0.0250. The second-order valence-electron chi connectivity index (χ2n) is 3.87. The molecule has 1 atom stereocenters. The van der Waals surface area contributed by atoms with Gasteiger partial charge in [-0.1, -0.05) is 6.92 Å². The topological polar surface area (TPSA) is 30.5 Å². The summed E-state index contributed by atoms with van der Waals surface area (Å²) in [5.74, 6) is 0. The quantitative estimate of drug-likeness (QED) is 0.657. The summed E-state index contributed by atoms with van der Waals surface area (Å²) < 4.78 is 10.8. The molecule has 0 fully saturated rings. The van der Waals surface area contributed by atoms with E-state index in [2.05, 4.69) is 26.1 Å². The fourth-order valence-electron chi connectivity index (χ4n) is 0.844. The van der Waals surface area contributed by atoms with Gasteiger partial charge in [0.2, 0.25) is 0 Å². The first-order chi connectivity index (χ1) is 6.05. The first kappa shape index (κ1) is 12.9. The van der Waals surface area contributed by atoms with Crippen LogP contribution in [0.1, 0.15) is 27.2 Å². The molecule has 0 saturated carbocycles. The van der Waals surface area contributed by atoms with Crippen LogP contribution in [-0.2, 0) is 9.47 Å². The number of hydrogen-bond acceptors (Lipinski definition) is 3. The van der Waals surface area contributed by atoms with E-state index in [-0.39, 0.29) is 11.6 Å². The van der Waals surface area contributed by atoms with E-state index in [4.69, 9.17) is 9.47 Å². The lowest BCUT2D eigenvalue weighted by Gasteiger charge is -2.26. The van der Waals surface area contributed by atoms with E-state index in [0.717, 1.165) is 6.42 Å². The summed E-state index contributed by atoms with van der Waals surface area (Å²) in [6.45, 7) is 7.73. The maximum Gasteiger partial charge on any atom is 0.0649 e. The molecule has 0 rings (SSSR count). The van der Waals surface area contributed by atoms with Crippen LogP contribution in [0, 0.1) is 0 Å². The molecule has 0 saturated heterocycles. The van der Waals surface area contributed by atoms with E-state index in [0.29, 0.717) is 13.2 Å². The zero-order valence-corrected chi connectivity index (χ0v) is 9.52. The highest BCUT2D eigenvalue weighted by molar-refractivity contribution is 4.69. The van der Waals surface area contributed by atoms with Crippen LogP contribution in [0.4, 0.5) is 0 Å². The van der Waals surface area contributed by atoms with Crippen LogP contribution in [-0.4, -0.2) is 39.0 Å². The highest BCUT2D eigenvalue weighted by Gasteiger charge is 2.17.